The molecular weight excluding hydrogens is 216 g/mol. The van der Waals surface area contributed by atoms with Crippen LogP contribution < -0.4 is 0 Å². The fourth-order valence-corrected chi connectivity index (χ4v) is 3.00. The lowest BCUT2D eigenvalue weighted by Gasteiger charge is -2.44. The van der Waals surface area contributed by atoms with Crippen LogP contribution in [0.1, 0.15) is 59.8 Å². The van der Waals surface area contributed by atoms with Gasteiger partial charge in [0.2, 0.25) is 0 Å². The molecule has 1 rings (SSSR count). The van der Waals surface area contributed by atoms with Crippen molar-refractivity contribution in [2.75, 3.05) is 0 Å². The molecule has 3 atom stereocenters. The van der Waals surface area contributed by atoms with Crippen molar-refractivity contribution in [3.8, 4) is 0 Å². The molecule has 0 aliphatic heterocycles. The van der Waals surface area contributed by atoms with E-state index in [1.165, 1.54) is 0 Å². The number of carboxylic acid groups (broad SMARTS) is 1. The van der Waals surface area contributed by atoms with Crippen LogP contribution in [-0.4, -0.2) is 21.8 Å². The summed E-state index contributed by atoms with van der Waals surface area (Å²) in [5.41, 5.74) is -2.10. The molecule has 1 saturated carbocycles. The van der Waals surface area contributed by atoms with Crippen LogP contribution in [0.3, 0.4) is 0 Å². The van der Waals surface area contributed by atoms with E-state index in [1.54, 1.807) is 6.92 Å². The maximum Gasteiger partial charge on any atom is 0.312 e. The smallest absolute Gasteiger partial charge is 0.312 e. The third kappa shape index (κ3) is 2.49. The fraction of sp³-hybridized carbons (Fsp3) is 0.929. The summed E-state index contributed by atoms with van der Waals surface area (Å²) >= 11 is 0. The first-order chi connectivity index (χ1) is 7.74. The number of rotatable bonds is 3. The van der Waals surface area contributed by atoms with Gasteiger partial charge in [-0.25, -0.2) is 0 Å². The summed E-state index contributed by atoms with van der Waals surface area (Å²) in [5.74, 6) is -0.350. The van der Waals surface area contributed by atoms with Crippen LogP contribution in [0.25, 0.3) is 0 Å². The number of aliphatic carboxylic acids is 1. The van der Waals surface area contributed by atoms with E-state index in [0.717, 1.165) is 19.3 Å². The first kappa shape index (κ1) is 14.5. The Labute approximate surface area is 104 Å². The molecule has 1 fully saturated rings. The molecule has 1 aliphatic carbocycles. The van der Waals surface area contributed by atoms with Crippen molar-refractivity contribution >= 4 is 5.97 Å². The highest BCUT2D eigenvalue weighted by Gasteiger charge is 2.54. The van der Waals surface area contributed by atoms with Crippen LogP contribution in [0.5, 0.6) is 0 Å². The van der Waals surface area contributed by atoms with Crippen LogP contribution in [0.2, 0.25) is 0 Å². The Morgan fingerprint density at radius 2 is 1.94 bits per heavy atom. The number of hydrogen-bond donors (Lipinski definition) is 2. The van der Waals surface area contributed by atoms with Crippen molar-refractivity contribution in [3.05, 3.63) is 0 Å². The van der Waals surface area contributed by atoms with Gasteiger partial charge in [-0.05, 0) is 38.0 Å². The molecule has 0 radical (unpaired) electrons. The molecule has 17 heavy (non-hydrogen) atoms. The quantitative estimate of drug-likeness (QED) is 0.748. The second-order valence-electron chi connectivity index (χ2n) is 6.23. The van der Waals surface area contributed by atoms with Gasteiger partial charge in [0.15, 0.2) is 0 Å². The maximum absolute atomic E-state index is 11.6. The Hall–Kier alpha value is -0.570. The highest BCUT2D eigenvalue weighted by Crippen LogP contribution is 2.47. The van der Waals surface area contributed by atoms with E-state index in [-0.39, 0.29) is 5.92 Å². The van der Waals surface area contributed by atoms with Gasteiger partial charge in [0.1, 0.15) is 0 Å². The normalized spacial score (nSPS) is 34.1. The van der Waals surface area contributed by atoms with E-state index < -0.39 is 17.0 Å². The molecule has 1 aliphatic rings. The maximum atomic E-state index is 11.6. The first-order valence-electron chi connectivity index (χ1n) is 6.70. The largest absolute Gasteiger partial charge is 0.481 e. The molecular formula is C14H26O3. The van der Waals surface area contributed by atoms with Crippen molar-refractivity contribution in [1.29, 1.82) is 0 Å². The molecule has 0 aromatic heterocycles. The van der Waals surface area contributed by atoms with E-state index in [1.807, 2.05) is 13.8 Å². The Kier molecular flexibility index (Phi) is 4.23. The first-order valence-corrected chi connectivity index (χ1v) is 6.70. The fourth-order valence-electron chi connectivity index (χ4n) is 3.00. The van der Waals surface area contributed by atoms with Gasteiger partial charge >= 0.3 is 5.97 Å². The summed E-state index contributed by atoms with van der Waals surface area (Å²) in [6.45, 7) is 7.66. The summed E-state index contributed by atoms with van der Waals surface area (Å²) in [6.07, 6.45) is 4.16. The van der Waals surface area contributed by atoms with Crippen molar-refractivity contribution in [3.63, 3.8) is 0 Å². The predicted octanol–water partition coefficient (Wildman–Crippen LogP) is 3.06. The lowest BCUT2D eigenvalue weighted by atomic mass is 9.63. The molecule has 3 nitrogen and oxygen atoms in total. The molecule has 2 N–H and O–H groups in total. The summed E-state index contributed by atoms with van der Waals surface area (Å²) < 4.78 is 0. The van der Waals surface area contributed by atoms with Gasteiger partial charge in [-0.2, -0.15) is 0 Å². The van der Waals surface area contributed by atoms with E-state index >= 15 is 0 Å². The molecule has 0 saturated heterocycles. The third-order valence-electron chi connectivity index (χ3n) is 4.90. The molecule has 0 bridgehead atoms. The summed E-state index contributed by atoms with van der Waals surface area (Å²) in [4.78, 5) is 11.6. The standard InChI is InChI=1S/C14H26O3/c1-10(2)13(4,12(15)16)14(17)8-5-6-11(3)7-9-14/h10-11,17H,5-9H2,1-4H3,(H,15,16). The summed E-state index contributed by atoms with van der Waals surface area (Å²) in [5, 5.41) is 20.4. The average molecular weight is 242 g/mol. The van der Waals surface area contributed by atoms with Crippen molar-refractivity contribution in [2.24, 2.45) is 17.3 Å². The van der Waals surface area contributed by atoms with E-state index in [9.17, 15) is 15.0 Å². The lowest BCUT2D eigenvalue weighted by Crippen LogP contribution is -2.54. The minimum atomic E-state index is -1.06. The molecule has 3 heteroatoms. The Morgan fingerprint density at radius 1 is 1.35 bits per heavy atom. The summed E-state index contributed by atoms with van der Waals surface area (Å²) in [6, 6.07) is 0. The summed E-state index contributed by atoms with van der Waals surface area (Å²) in [7, 11) is 0. The minimum absolute atomic E-state index is 0.0709. The van der Waals surface area contributed by atoms with Gasteiger partial charge in [0.25, 0.3) is 0 Å². The Balaban J connectivity index is 3.03. The van der Waals surface area contributed by atoms with Crippen LogP contribution >= 0.6 is 0 Å². The van der Waals surface area contributed by atoms with Crippen molar-refractivity contribution in [2.45, 2.75) is 65.4 Å². The monoisotopic (exact) mass is 242 g/mol. The zero-order valence-electron chi connectivity index (χ0n) is 11.5. The number of hydrogen-bond acceptors (Lipinski definition) is 2. The topological polar surface area (TPSA) is 57.5 Å². The van der Waals surface area contributed by atoms with Gasteiger partial charge in [0.05, 0.1) is 11.0 Å². The van der Waals surface area contributed by atoms with Crippen molar-refractivity contribution < 1.29 is 15.0 Å². The zero-order chi connectivity index (χ0) is 13.3. The van der Waals surface area contributed by atoms with Gasteiger partial charge < -0.3 is 10.2 Å². The van der Waals surface area contributed by atoms with Gasteiger partial charge in [-0.15, -0.1) is 0 Å². The van der Waals surface area contributed by atoms with E-state index in [2.05, 4.69) is 6.92 Å². The van der Waals surface area contributed by atoms with Gasteiger partial charge in [-0.1, -0.05) is 33.6 Å². The number of carboxylic acids is 1. The van der Waals surface area contributed by atoms with E-state index in [4.69, 9.17) is 0 Å². The molecule has 0 aromatic carbocycles. The van der Waals surface area contributed by atoms with Gasteiger partial charge in [-0.3, -0.25) is 4.79 Å². The molecule has 100 valence electrons. The van der Waals surface area contributed by atoms with Crippen LogP contribution in [0.4, 0.5) is 0 Å². The minimum Gasteiger partial charge on any atom is -0.481 e. The van der Waals surface area contributed by atoms with Crippen molar-refractivity contribution in [1.82, 2.24) is 0 Å². The average Bonchev–Trinajstić information content (AvgIpc) is 2.40. The Morgan fingerprint density at radius 3 is 2.41 bits per heavy atom. The van der Waals surface area contributed by atoms with Crippen LogP contribution in [-0.2, 0) is 4.79 Å². The Bertz CT molecular complexity index is 287. The lowest BCUT2D eigenvalue weighted by molar-refractivity contribution is -0.177. The van der Waals surface area contributed by atoms with Gasteiger partial charge in [0, 0.05) is 0 Å². The van der Waals surface area contributed by atoms with Crippen LogP contribution in [0.15, 0.2) is 0 Å². The SMILES string of the molecule is CC1CCCC(O)(C(C)(C(=O)O)C(C)C)CC1. The van der Waals surface area contributed by atoms with E-state index in [0.29, 0.717) is 18.8 Å². The molecule has 0 amide bonds. The molecule has 3 unspecified atom stereocenters. The highest BCUT2D eigenvalue weighted by molar-refractivity contribution is 5.76. The molecule has 0 spiro atoms. The second kappa shape index (κ2) is 4.97. The van der Waals surface area contributed by atoms with Crippen LogP contribution in [0, 0.1) is 17.3 Å². The molecule has 0 heterocycles. The third-order valence-corrected chi connectivity index (χ3v) is 4.90. The predicted molar refractivity (Wildman–Crippen MR) is 67.8 cm³/mol. The molecule has 0 aromatic rings. The highest BCUT2D eigenvalue weighted by atomic mass is 16.4. The zero-order valence-corrected chi connectivity index (χ0v) is 11.5. The second-order valence-corrected chi connectivity index (χ2v) is 6.23. The number of carbonyl (C=O) groups is 1. The number of aliphatic hydroxyl groups is 1.